The molecule has 0 fully saturated rings. The summed E-state index contributed by atoms with van der Waals surface area (Å²) in [6.07, 6.45) is 2.80. The summed E-state index contributed by atoms with van der Waals surface area (Å²) in [6.45, 7) is 7.76. The Morgan fingerprint density at radius 3 is 2.44 bits per heavy atom. The van der Waals surface area contributed by atoms with E-state index in [1.165, 1.54) is 0 Å². The molecule has 1 N–H and O–H groups in total. The Morgan fingerprint density at radius 2 is 1.71 bits per heavy atom. The maximum Gasteiger partial charge on any atom is 0.342 e. The van der Waals surface area contributed by atoms with E-state index in [4.69, 9.17) is 9.15 Å². The van der Waals surface area contributed by atoms with Crippen LogP contribution in [0.25, 0.3) is 21.7 Å². The smallest absolute Gasteiger partial charge is 0.342 e. The lowest BCUT2D eigenvalue weighted by molar-refractivity contribution is 0.0498. The molecule has 0 saturated heterocycles. The van der Waals surface area contributed by atoms with Gasteiger partial charge in [0.25, 0.3) is 10.0 Å². The number of fused-ring (bicyclic) bond motifs is 3. The quantitative estimate of drug-likeness (QED) is 0.226. The largest absolute Gasteiger partial charge is 0.462 e. The summed E-state index contributed by atoms with van der Waals surface area (Å²) in [7, 11) is -3.87. The van der Waals surface area contributed by atoms with Crippen LogP contribution < -0.4 is 4.72 Å². The van der Waals surface area contributed by atoms with Crippen LogP contribution in [0.5, 0.6) is 0 Å². The van der Waals surface area contributed by atoms with Crippen molar-refractivity contribution in [2.24, 2.45) is 0 Å². The molecular formula is C27H29NO5S. The van der Waals surface area contributed by atoms with Crippen LogP contribution in [0.4, 0.5) is 5.69 Å². The van der Waals surface area contributed by atoms with Gasteiger partial charge in [0.1, 0.15) is 16.9 Å². The third-order valence-corrected chi connectivity index (χ3v) is 7.44. The minimum absolute atomic E-state index is 0.218. The van der Waals surface area contributed by atoms with E-state index in [2.05, 4.69) is 11.6 Å². The minimum Gasteiger partial charge on any atom is -0.462 e. The highest BCUT2D eigenvalue weighted by Gasteiger charge is 2.24. The molecule has 34 heavy (non-hydrogen) atoms. The van der Waals surface area contributed by atoms with Gasteiger partial charge in [0.15, 0.2) is 0 Å². The first-order valence-corrected chi connectivity index (χ1v) is 12.9. The summed E-state index contributed by atoms with van der Waals surface area (Å²) in [4.78, 5) is 13.1. The molecule has 0 aliphatic carbocycles. The van der Waals surface area contributed by atoms with Crippen molar-refractivity contribution in [3.05, 3.63) is 71.0 Å². The Kier molecular flexibility index (Phi) is 6.66. The van der Waals surface area contributed by atoms with Crippen LogP contribution in [0.2, 0.25) is 0 Å². The first-order valence-electron chi connectivity index (χ1n) is 11.4. The lowest BCUT2D eigenvalue weighted by Gasteiger charge is -2.14. The molecule has 7 heteroatoms. The SMILES string of the molecule is CCCCCOC(=O)c1c(C)oc2c1cc(NS(=O)(=O)c1cc(C)ccc1C)c1ccccc12. The molecule has 4 rings (SSSR count). The Labute approximate surface area is 200 Å². The van der Waals surface area contributed by atoms with Gasteiger partial charge in [-0.05, 0) is 50.5 Å². The second-order valence-corrected chi connectivity index (χ2v) is 10.2. The number of rotatable bonds is 8. The zero-order valence-electron chi connectivity index (χ0n) is 19.9. The maximum absolute atomic E-state index is 13.4. The Hall–Kier alpha value is -3.32. The van der Waals surface area contributed by atoms with Crippen molar-refractivity contribution in [2.75, 3.05) is 11.3 Å². The number of benzene rings is 3. The normalized spacial score (nSPS) is 11.8. The van der Waals surface area contributed by atoms with Gasteiger partial charge in [-0.3, -0.25) is 4.72 Å². The number of nitrogens with one attached hydrogen (secondary N) is 1. The first-order chi connectivity index (χ1) is 16.2. The van der Waals surface area contributed by atoms with E-state index in [1.54, 1.807) is 32.0 Å². The molecule has 0 aliphatic rings. The number of sulfonamides is 1. The average Bonchev–Trinajstić information content (AvgIpc) is 3.14. The fourth-order valence-corrected chi connectivity index (χ4v) is 5.56. The van der Waals surface area contributed by atoms with Crippen LogP contribution in [-0.4, -0.2) is 21.0 Å². The molecule has 178 valence electrons. The Morgan fingerprint density at radius 1 is 0.971 bits per heavy atom. The number of ether oxygens (including phenoxy) is 1. The van der Waals surface area contributed by atoms with Crippen LogP contribution in [0.1, 0.15) is 53.4 Å². The number of esters is 1. The van der Waals surface area contributed by atoms with E-state index in [-0.39, 0.29) is 4.90 Å². The molecule has 6 nitrogen and oxygen atoms in total. The van der Waals surface area contributed by atoms with Crippen molar-refractivity contribution in [1.29, 1.82) is 0 Å². The van der Waals surface area contributed by atoms with Crippen LogP contribution in [0.3, 0.4) is 0 Å². The fraction of sp³-hybridized carbons (Fsp3) is 0.296. The minimum atomic E-state index is -3.87. The van der Waals surface area contributed by atoms with Crippen LogP contribution in [0.15, 0.2) is 57.8 Å². The number of unbranched alkanes of at least 4 members (excludes halogenated alkanes) is 2. The van der Waals surface area contributed by atoms with Gasteiger partial charge in [-0.1, -0.05) is 56.2 Å². The zero-order chi connectivity index (χ0) is 24.5. The van der Waals surface area contributed by atoms with Crippen molar-refractivity contribution in [3.63, 3.8) is 0 Å². The molecule has 3 aromatic carbocycles. The molecule has 1 aromatic heterocycles. The predicted molar refractivity (Wildman–Crippen MR) is 135 cm³/mol. The number of carbonyl (C=O) groups is 1. The summed E-state index contributed by atoms with van der Waals surface area (Å²) < 4.78 is 40.9. The lowest BCUT2D eigenvalue weighted by atomic mass is 10.0. The molecule has 0 saturated carbocycles. The van der Waals surface area contributed by atoms with Gasteiger partial charge >= 0.3 is 5.97 Å². The molecule has 0 spiro atoms. The molecule has 0 unspecified atom stereocenters. The highest BCUT2D eigenvalue weighted by Crippen LogP contribution is 2.38. The second kappa shape index (κ2) is 9.50. The van der Waals surface area contributed by atoms with Crippen LogP contribution >= 0.6 is 0 Å². The lowest BCUT2D eigenvalue weighted by Crippen LogP contribution is -2.15. The zero-order valence-corrected chi connectivity index (χ0v) is 20.7. The maximum atomic E-state index is 13.4. The number of hydrogen-bond donors (Lipinski definition) is 1. The molecule has 0 atom stereocenters. The van der Waals surface area contributed by atoms with Gasteiger partial charge in [-0.25, -0.2) is 13.2 Å². The van der Waals surface area contributed by atoms with E-state index >= 15 is 0 Å². The Bertz CT molecular complexity index is 1480. The van der Waals surface area contributed by atoms with Crippen molar-refractivity contribution in [1.82, 2.24) is 0 Å². The molecule has 0 amide bonds. The topological polar surface area (TPSA) is 85.6 Å². The summed E-state index contributed by atoms with van der Waals surface area (Å²) >= 11 is 0. The van der Waals surface area contributed by atoms with Gasteiger partial charge < -0.3 is 9.15 Å². The van der Waals surface area contributed by atoms with Gasteiger partial charge in [0.05, 0.1) is 17.2 Å². The molecule has 4 aromatic rings. The summed E-state index contributed by atoms with van der Waals surface area (Å²) in [5.74, 6) is -0.0267. The number of anilines is 1. The number of aryl methyl sites for hydroxylation is 3. The van der Waals surface area contributed by atoms with Crippen LogP contribution in [-0.2, 0) is 14.8 Å². The van der Waals surface area contributed by atoms with E-state index in [9.17, 15) is 13.2 Å². The molecule has 0 bridgehead atoms. The standard InChI is InChI=1S/C27H29NO5S/c1-5-6-9-14-32-27(29)25-19(4)33-26-21-11-8-7-10-20(21)23(16-22(25)26)28-34(30,31)24-15-17(2)12-13-18(24)3/h7-8,10-13,15-16,28H,5-6,9,14H2,1-4H3. The highest BCUT2D eigenvalue weighted by molar-refractivity contribution is 7.92. The van der Waals surface area contributed by atoms with E-state index in [0.29, 0.717) is 50.9 Å². The van der Waals surface area contributed by atoms with E-state index in [1.807, 2.05) is 37.3 Å². The van der Waals surface area contributed by atoms with Crippen molar-refractivity contribution in [2.45, 2.75) is 51.9 Å². The van der Waals surface area contributed by atoms with Crippen molar-refractivity contribution in [3.8, 4) is 0 Å². The van der Waals surface area contributed by atoms with Crippen LogP contribution in [0, 0.1) is 20.8 Å². The van der Waals surface area contributed by atoms with Gasteiger partial charge in [-0.2, -0.15) is 0 Å². The Balaban J connectivity index is 1.83. The van der Waals surface area contributed by atoms with Gasteiger partial charge in [-0.15, -0.1) is 0 Å². The van der Waals surface area contributed by atoms with Gasteiger partial charge in [0.2, 0.25) is 0 Å². The second-order valence-electron chi connectivity index (χ2n) is 8.60. The molecule has 0 aliphatic heterocycles. The highest BCUT2D eigenvalue weighted by atomic mass is 32.2. The fourth-order valence-electron chi connectivity index (χ4n) is 4.16. The first kappa shape index (κ1) is 23.8. The number of hydrogen-bond acceptors (Lipinski definition) is 5. The predicted octanol–water partition coefficient (Wildman–Crippen LogP) is 6.66. The van der Waals surface area contributed by atoms with Gasteiger partial charge in [0, 0.05) is 16.2 Å². The summed E-state index contributed by atoms with van der Waals surface area (Å²) in [5, 5.41) is 1.92. The van der Waals surface area contributed by atoms with E-state index < -0.39 is 16.0 Å². The number of carbonyl (C=O) groups excluding carboxylic acids is 1. The van der Waals surface area contributed by atoms with Crippen molar-refractivity contribution >= 4 is 43.4 Å². The molecule has 0 radical (unpaired) electrons. The summed E-state index contributed by atoms with van der Waals surface area (Å²) in [6, 6.07) is 14.4. The third-order valence-electron chi connectivity index (χ3n) is 5.93. The average molecular weight is 480 g/mol. The molecule has 1 heterocycles. The number of furan rings is 1. The summed E-state index contributed by atoms with van der Waals surface area (Å²) in [5.41, 5.74) is 2.74. The van der Waals surface area contributed by atoms with E-state index in [0.717, 1.165) is 24.8 Å². The van der Waals surface area contributed by atoms with Crippen molar-refractivity contribution < 1.29 is 22.4 Å². The monoisotopic (exact) mass is 479 g/mol. The molecular weight excluding hydrogens is 450 g/mol. The third kappa shape index (κ3) is 4.53.